The lowest BCUT2D eigenvalue weighted by Crippen LogP contribution is -2.45. The van der Waals surface area contributed by atoms with Crippen LogP contribution in [-0.2, 0) is 16.6 Å². The fourth-order valence-corrected chi connectivity index (χ4v) is 4.58. The number of rotatable bonds is 5. The summed E-state index contributed by atoms with van der Waals surface area (Å²) < 4.78 is 32.6. The minimum Gasteiger partial charge on any atom is -0.447 e. The van der Waals surface area contributed by atoms with Crippen molar-refractivity contribution in [2.24, 2.45) is 5.92 Å². The summed E-state index contributed by atoms with van der Waals surface area (Å²) in [6, 6.07) is 3.96. The van der Waals surface area contributed by atoms with E-state index in [1.54, 1.807) is 16.4 Å². The van der Waals surface area contributed by atoms with Gasteiger partial charge in [0.05, 0.1) is 6.54 Å². The van der Waals surface area contributed by atoms with Gasteiger partial charge in [-0.15, -0.1) is 0 Å². The Hall–Kier alpha value is -0.850. The molecule has 1 saturated heterocycles. The van der Waals surface area contributed by atoms with Crippen LogP contribution in [-0.4, -0.2) is 31.4 Å². The van der Waals surface area contributed by atoms with Gasteiger partial charge in [-0.2, -0.15) is 4.31 Å². The van der Waals surface area contributed by atoms with E-state index in [0.29, 0.717) is 30.8 Å². The maximum Gasteiger partial charge on any atom is 0.276 e. The van der Waals surface area contributed by atoms with Crippen molar-refractivity contribution in [1.29, 1.82) is 0 Å². The second-order valence-corrected chi connectivity index (χ2v) is 8.17. The van der Waals surface area contributed by atoms with Gasteiger partial charge >= 0.3 is 0 Å². The first kappa shape index (κ1) is 15.1. The van der Waals surface area contributed by atoms with Gasteiger partial charge in [-0.3, -0.25) is 0 Å². The van der Waals surface area contributed by atoms with Gasteiger partial charge < -0.3 is 9.73 Å². The lowest BCUT2D eigenvalue weighted by atomic mass is 9.94. The average molecular weight is 312 g/mol. The van der Waals surface area contributed by atoms with Gasteiger partial charge in [0.1, 0.15) is 5.76 Å². The third-order valence-electron chi connectivity index (χ3n) is 4.66. The molecule has 1 aliphatic carbocycles. The normalized spacial score (nSPS) is 27.9. The molecule has 2 fully saturated rings. The summed E-state index contributed by atoms with van der Waals surface area (Å²) in [5, 5.41) is 3.41. The van der Waals surface area contributed by atoms with Gasteiger partial charge in [-0.25, -0.2) is 8.42 Å². The number of sulfonamides is 1. The molecule has 1 saturated carbocycles. The van der Waals surface area contributed by atoms with E-state index in [4.69, 9.17) is 4.42 Å². The third-order valence-corrected chi connectivity index (χ3v) is 6.52. The molecular formula is C15H24N2O3S. The molecule has 1 aromatic rings. The van der Waals surface area contributed by atoms with Crippen LogP contribution in [0.3, 0.4) is 0 Å². The number of nitrogens with one attached hydrogen (secondary N) is 1. The second-order valence-electron chi connectivity index (χ2n) is 6.35. The van der Waals surface area contributed by atoms with Crippen LogP contribution in [0.15, 0.2) is 21.6 Å². The van der Waals surface area contributed by atoms with Crippen LogP contribution in [0, 0.1) is 5.92 Å². The van der Waals surface area contributed by atoms with Crippen LogP contribution in [0.25, 0.3) is 0 Å². The van der Waals surface area contributed by atoms with Gasteiger partial charge in [-0.05, 0) is 50.7 Å². The molecule has 6 heteroatoms. The van der Waals surface area contributed by atoms with Crippen molar-refractivity contribution in [1.82, 2.24) is 9.62 Å². The van der Waals surface area contributed by atoms with Crippen LogP contribution in [0.2, 0.25) is 0 Å². The molecule has 0 aromatic carbocycles. The van der Waals surface area contributed by atoms with E-state index in [1.165, 1.54) is 12.8 Å². The quantitative estimate of drug-likeness (QED) is 0.906. The van der Waals surface area contributed by atoms with Crippen molar-refractivity contribution in [3.63, 3.8) is 0 Å². The summed E-state index contributed by atoms with van der Waals surface area (Å²) in [6.45, 7) is 5.29. The number of hydrogen-bond donors (Lipinski definition) is 1. The van der Waals surface area contributed by atoms with Crippen molar-refractivity contribution >= 4 is 10.0 Å². The van der Waals surface area contributed by atoms with E-state index in [1.807, 2.05) is 6.92 Å². The van der Waals surface area contributed by atoms with Gasteiger partial charge in [0.15, 0.2) is 0 Å². The summed E-state index contributed by atoms with van der Waals surface area (Å²) in [4.78, 5) is 0. The van der Waals surface area contributed by atoms with Crippen LogP contribution in [0.1, 0.15) is 45.3 Å². The van der Waals surface area contributed by atoms with Crippen LogP contribution in [0.5, 0.6) is 0 Å². The molecule has 1 aromatic heterocycles. The molecule has 2 heterocycles. The van der Waals surface area contributed by atoms with Gasteiger partial charge in [0.25, 0.3) is 10.0 Å². The largest absolute Gasteiger partial charge is 0.447 e. The van der Waals surface area contributed by atoms with E-state index in [0.717, 1.165) is 12.8 Å². The first-order chi connectivity index (χ1) is 9.98. The lowest BCUT2D eigenvalue weighted by Gasteiger charge is -2.36. The van der Waals surface area contributed by atoms with E-state index in [2.05, 4.69) is 12.2 Å². The molecule has 0 radical (unpaired) electrons. The Morgan fingerprint density at radius 2 is 2.05 bits per heavy atom. The maximum absolute atomic E-state index is 12.7. The molecule has 0 bridgehead atoms. The molecule has 3 rings (SSSR count). The van der Waals surface area contributed by atoms with E-state index in [-0.39, 0.29) is 11.1 Å². The number of furan rings is 1. The molecule has 0 amide bonds. The minimum absolute atomic E-state index is 0.0295. The van der Waals surface area contributed by atoms with Crippen molar-refractivity contribution in [3.8, 4) is 0 Å². The number of piperidine rings is 1. The van der Waals surface area contributed by atoms with Crippen molar-refractivity contribution in [2.45, 2.75) is 63.3 Å². The predicted octanol–water partition coefficient (Wildman–Crippen LogP) is 2.34. The van der Waals surface area contributed by atoms with E-state index >= 15 is 0 Å². The summed E-state index contributed by atoms with van der Waals surface area (Å²) in [5.41, 5.74) is 0. The highest BCUT2D eigenvalue weighted by Gasteiger charge is 2.36. The van der Waals surface area contributed by atoms with Gasteiger partial charge in [0.2, 0.25) is 5.09 Å². The molecular weight excluding hydrogens is 288 g/mol. The average Bonchev–Trinajstić information content (AvgIpc) is 3.15. The highest BCUT2D eigenvalue weighted by Crippen LogP contribution is 2.29. The lowest BCUT2D eigenvalue weighted by molar-refractivity contribution is 0.198. The molecule has 2 unspecified atom stereocenters. The second kappa shape index (κ2) is 5.74. The smallest absolute Gasteiger partial charge is 0.276 e. The van der Waals surface area contributed by atoms with Crippen molar-refractivity contribution < 1.29 is 12.8 Å². The Bertz CT molecular complexity index is 592. The molecule has 1 aliphatic heterocycles. The fourth-order valence-electron chi connectivity index (χ4n) is 2.88. The van der Waals surface area contributed by atoms with Crippen molar-refractivity contribution in [3.05, 3.63) is 17.9 Å². The summed E-state index contributed by atoms with van der Waals surface area (Å²) >= 11 is 0. The molecule has 0 spiro atoms. The fraction of sp³-hybridized carbons (Fsp3) is 0.733. The topological polar surface area (TPSA) is 62.6 Å². The maximum atomic E-state index is 12.7. The first-order valence-electron chi connectivity index (χ1n) is 7.82. The van der Waals surface area contributed by atoms with Crippen LogP contribution >= 0.6 is 0 Å². The third kappa shape index (κ3) is 3.17. The van der Waals surface area contributed by atoms with Crippen LogP contribution in [0.4, 0.5) is 0 Å². The molecule has 118 valence electrons. The van der Waals surface area contributed by atoms with E-state index < -0.39 is 10.0 Å². The van der Waals surface area contributed by atoms with Crippen LogP contribution < -0.4 is 5.32 Å². The highest BCUT2D eigenvalue weighted by atomic mass is 32.2. The predicted molar refractivity (Wildman–Crippen MR) is 80.3 cm³/mol. The minimum atomic E-state index is -3.51. The molecule has 2 aliphatic rings. The van der Waals surface area contributed by atoms with Crippen molar-refractivity contribution in [2.75, 3.05) is 6.54 Å². The zero-order valence-corrected chi connectivity index (χ0v) is 13.5. The zero-order valence-electron chi connectivity index (χ0n) is 12.7. The monoisotopic (exact) mass is 312 g/mol. The molecule has 2 atom stereocenters. The van der Waals surface area contributed by atoms with E-state index in [9.17, 15) is 8.42 Å². The Kier molecular flexibility index (Phi) is 4.12. The first-order valence-corrected chi connectivity index (χ1v) is 9.26. The Labute approximate surface area is 126 Å². The number of nitrogens with zero attached hydrogens (tertiary/aromatic N) is 1. The van der Waals surface area contributed by atoms with Gasteiger partial charge in [-0.1, -0.05) is 6.92 Å². The zero-order chi connectivity index (χ0) is 15.0. The Morgan fingerprint density at radius 1 is 1.29 bits per heavy atom. The van der Waals surface area contributed by atoms with Gasteiger partial charge in [0, 0.05) is 18.6 Å². The SMILES string of the molecule is CC1CCCN(S(=O)(=O)c2ccc(CNC3CC3)o2)C1C. The highest BCUT2D eigenvalue weighted by molar-refractivity contribution is 7.89. The standard InChI is InChI=1S/C15H24N2O3S/c1-11-4-3-9-17(12(11)2)21(18,19)15-8-7-14(20-15)10-16-13-5-6-13/h7-8,11-13,16H,3-6,9-10H2,1-2H3. The molecule has 5 nitrogen and oxygen atoms in total. The summed E-state index contributed by atoms with van der Waals surface area (Å²) in [6.07, 6.45) is 4.41. The Morgan fingerprint density at radius 3 is 2.76 bits per heavy atom. The molecule has 1 N–H and O–H groups in total. The summed E-state index contributed by atoms with van der Waals surface area (Å²) in [7, 11) is -3.51. The summed E-state index contributed by atoms with van der Waals surface area (Å²) in [5.74, 6) is 1.08. The Balaban J connectivity index is 1.74. The molecule has 21 heavy (non-hydrogen) atoms. The number of hydrogen-bond acceptors (Lipinski definition) is 4.